The number of thiophene rings is 1. The molecule has 5 nitrogen and oxygen atoms in total. The van der Waals surface area contributed by atoms with Crippen molar-refractivity contribution in [3.8, 4) is 11.1 Å². The van der Waals surface area contributed by atoms with E-state index in [1.54, 1.807) is 18.4 Å². The molecule has 174 valence electrons. The number of benzene rings is 2. The summed E-state index contributed by atoms with van der Waals surface area (Å²) >= 11 is 0.942. The molecule has 1 unspecified atom stereocenters. The van der Waals surface area contributed by atoms with E-state index in [-0.39, 0.29) is 11.8 Å². The first kappa shape index (κ1) is 23.3. The van der Waals surface area contributed by atoms with E-state index in [1.165, 1.54) is 22.8 Å². The van der Waals surface area contributed by atoms with E-state index in [9.17, 15) is 9.59 Å². The number of imide groups is 1. The van der Waals surface area contributed by atoms with Crippen LogP contribution in [0.5, 0.6) is 0 Å². The van der Waals surface area contributed by atoms with Crippen molar-refractivity contribution >= 4 is 48.8 Å². The molecule has 34 heavy (non-hydrogen) atoms. The zero-order chi connectivity index (χ0) is 23.5. The number of hydrogen-bond donors (Lipinski definition) is 1. The van der Waals surface area contributed by atoms with Crippen molar-refractivity contribution in [1.29, 1.82) is 0 Å². The van der Waals surface area contributed by atoms with Gasteiger partial charge in [-0.3, -0.25) is 0 Å². The summed E-state index contributed by atoms with van der Waals surface area (Å²) in [6, 6.07) is 17.1. The summed E-state index contributed by atoms with van der Waals surface area (Å²) < 4.78 is 6.63. The number of rotatable bonds is 7. The Kier molecular flexibility index (Phi) is 7.12. The number of amides is 2. The van der Waals surface area contributed by atoms with Gasteiger partial charge in [0.25, 0.3) is 0 Å². The van der Waals surface area contributed by atoms with Crippen molar-refractivity contribution in [2.75, 3.05) is 20.3 Å². The summed E-state index contributed by atoms with van der Waals surface area (Å²) in [6.07, 6.45) is 2.43. The molecular weight excluding hydrogens is 507 g/mol. The van der Waals surface area contributed by atoms with Crippen molar-refractivity contribution in [3.63, 3.8) is 0 Å². The summed E-state index contributed by atoms with van der Waals surface area (Å²) in [7, 11) is 1.77. The van der Waals surface area contributed by atoms with Crippen LogP contribution in [0.2, 0.25) is 0 Å². The molecule has 3 aromatic rings. The van der Waals surface area contributed by atoms with Gasteiger partial charge in [0.1, 0.15) is 0 Å². The van der Waals surface area contributed by atoms with Crippen LogP contribution in [0.15, 0.2) is 64.2 Å². The van der Waals surface area contributed by atoms with Crippen molar-refractivity contribution in [3.05, 3.63) is 80.8 Å². The van der Waals surface area contributed by atoms with Crippen molar-refractivity contribution in [2.24, 2.45) is 0 Å². The third-order valence-corrected chi connectivity index (χ3v) is 9.45. The SMILES string of the molecule is COC[C@H]1CCCN1Cc1ccc([AsH]/C=C2\C(=O)NC(=O)c3ccc(-c4ccsc4)cc32)cc1. The Labute approximate surface area is 210 Å². The van der Waals surface area contributed by atoms with Gasteiger partial charge in [-0.25, -0.2) is 0 Å². The van der Waals surface area contributed by atoms with Gasteiger partial charge >= 0.3 is 211 Å². The van der Waals surface area contributed by atoms with Gasteiger partial charge in [-0.1, -0.05) is 0 Å². The molecule has 0 bridgehead atoms. The van der Waals surface area contributed by atoms with Crippen LogP contribution in [0.25, 0.3) is 16.7 Å². The molecule has 2 amide bonds. The number of fused-ring (bicyclic) bond motifs is 1. The molecule has 0 saturated carbocycles. The molecule has 2 atom stereocenters. The fraction of sp³-hybridized carbons (Fsp3) is 0.259. The van der Waals surface area contributed by atoms with Crippen molar-refractivity contribution < 1.29 is 14.3 Å². The average Bonchev–Trinajstić information content (AvgIpc) is 3.53. The van der Waals surface area contributed by atoms with E-state index in [4.69, 9.17) is 4.74 Å². The first-order chi connectivity index (χ1) is 16.6. The quantitative estimate of drug-likeness (QED) is 0.287. The molecule has 0 radical (unpaired) electrons. The van der Waals surface area contributed by atoms with Gasteiger partial charge < -0.3 is 0 Å². The van der Waals surface area contributed by atoms with E-state index in [0.29, 0.717) is 17.2 Å². The summed E-state index contributed by atoms with van der Waals surface area (Å²) in [5.74, 6) is -0.634. The fourth-order valence-corrected chi connectivity index (χ4v) is 7.33. The zero-order valence-electron chi connectivity index (χ0n) is 19.0. The maximum atomic E-state index is 12.7. The molecule has 0 aliphatic carbocycles. The minimum absolute atomic E-state index is 0.307. The van der Waals surface area contributed by atoms with Gasteiger partial charge in [-0.05, 0) is 0 Å². The standard InChI is InChI=1S/C27H27AsN2O3S/c1-33-16-22-3-2-11-30(22)15-18-4-7-21(8-5-18)28-14-25-24-13-19(20-10-12-34-17-20)6-9-23(24)26(31)29-27(25)32/h4-10,12-14,17,22,28H,2-3,11,15-16H2,1H3,(H,29,31,32)/b25-14-/t22-/m1/s1. The number of likely N-dealkylation sites (tertiary alicyclic amines) is 1. The van der Waals surface area contributed by atoms with E-state index in [0.717, 1.165) is 36.4 Å². The Bertz CT molecular complexity index is 1220. The van der Waals surface area contributed by atoms with Crippen LogP contribution < -0.4 is 9.67 Å². The van der Waals surface area contributed by atoms with Crippen LogP contribution in [0.3, 0.4) is 0 Å². The summed E-state index contributed by atoms with van der Waals surface area (Å²) in [6.45, 7) is 2.85. The predicted molar refractivity (Wildman–Crippen MR) is 139 cm³/mol. The molecule has 1 N–H and O–H groups in total. The molecule has 2 aliphatic rings. The topological polar surface area (TPSA) is 58.6 Å². The molecule has 1 aromatic heterocycles. The zero-order valence-corrected chi connectivity index (χ0v) is 22.0. The Morgan fingerprint density at radius 1 is 1.09 bits per heavy atom. The number of methoxy groups -OCH3 is 1. The van der Waals surface area contributed by atoms with Crippen LogP contribution in [0.4, 0.5) is 0 Å². The number of ether oxygens (including phenoxy) is 1. The van der Waals surface area contributed by atoms with E-state index in [1.807, 2.05) is 23.6 Å². The second kappa shape index (κ2) is 10.4. The maximum absolute atomic E-state index is 12.7. The predicted octanol–water partition coefficient (Wildman–Crippen LogP) is 3.40. The van der Waals surface area contributed by atoms with E-state index in [2.05, 4.69) is 50.8 Å². The fourth-order valence-electron chi connectivity index (χ4n) is 4.66. The Morgan fingerprint density at radius 2 is 1.94 bits per heavy atom. The third-order valence-electron chi connectivity index (χ3n) is 6.46. The van der Waals surface area contributed by atoms with Gasteiger partial charge in [0.2, 0.25) is 0 Å². The Morgan fingerprint density at radius 3 is 2.71 bits per heavy atom. The molecule has 7 heteroatoms. The van der Waals surface area contributed by atoms with Crippen molar-refractivity contribution in [1.82, 2.24) is 10.2 Å². The number of hydrogen-bond acceptors (Lipinski definition) is 5. The second-order valence-electron chi connectivity index (χ2n) is 8.68. The summed E-state index contributed by atoms with van der Waals surface area (Å²) in [4.78, 5) is 29.7. The van der Waals surface area contributed by atoms with Crippen molar-refractivity contribution in [2.45, 2.75) is 25.4 Å². The number of nitrogens with one attached hydrogen (secondary N) is 1. The Hall–Kier alpha value is -2.50. The number of nitrogens with zero attached hydrogens (tertiary/aromatic N) is 1. The molecule has 2 aromatic carbocycles. The summed E-state index contributed by atoms with van der Waals surface area (Å²) in [5.41, 5.74) is 5.32. The molecular formula is C27H27AsN2O3S. The van der Waals surface area contributed by atoms with E-state index < -0.39 is 15.8 Å². The van der Waals surface area contributed by atoms with Gasteiger partial charge in [0.05, 0.1) is 0 Å². The van der Waals surface area contributed by atoms with Crippen LogP contribution in [0.1, 0.15) is 34.3 Å². The molecule has 1 saturated heterocycles. The van der Waals surface area contributed by atoms with Gasteiger partial charge in [0.15, 0.2) is 0 Å². The molecule has 3 heterocycles. The first-order valence-corrected chi connectivity index (χ1v) is 14.6. The van der Waals surface area contributed by atoms with Gasteiger partial charge in [-0.2, -0.15) is 0 Å². The normalized spacial score (nSPS) is 19.8. The molecule has 1 fully saturated rings. The minimum atomic E-state index is -0.689. The van der Waals surface area contributed by atoms with Crippen LogP contribution in [-0.2, 0) is 16.1 Å². The van der Waals surface area contributed by atoms with Gasteiger partial charge in [0, 0.05) is 0 Å². The van der Waals surface area contributed by atoms with Crippen LogP contribution in [0, 0.1) is 0 Å². The molecule has 0 spiro atoms. The monoisotopic (exact) mass is 534 g/mol. The molecule has 2 aliphatic heterocycles. The summed E-state index contributed by atoms with van der Waals surface area (Å²) in [5, 5.41) is 6.60. The van der Waals surface area contributed by atoms with Gasteiger partial charge in [-0.15, -0.1) is 0 Å². The average molecular weight is 535 g/mol. The Balaban J connectivity index is 1.34. The van der Waals surface area contributed by atoms with Crippen LogP contribution in [-0.4, -0.2) is 58.8 Å². The van der Waals surface area contributed by atoms with E-state index >= 15 is 0 Å². The number of carbonyl (C=O) groups excluding carboxylic acids is 2. The second-order valence-corrected chi connectivity index (χ2v) is 11.9. The number of carbonyl (C=O) groups is 2. The third kappa shape index (κ3) is 4.96. The van der Waals surface area contributed by atoms with Crippen LogP contribution >= 0.6 is 11.3 Å². The molecule has 5 rings (SSSR count). The first-order valence-electron chi connectivity index (χ1n) is 11.4.